The molecule has 1 aliphatic rings. The predicted molar refractivity (Wildman–Crippen MR) is 90.0 cm³/mol. The third kappa shape index (κ3) is 5.08. The zero-order valence-corrected chi connectivity index (χ0v) is 14.7. The maximum atomic E-state index is 13.7. The molecule has 1 N–H and O–H groups in total. The topological polar surface area (TPSA) is 41.6 Å². The molecule has 1 unspecified atom stereocenters. The Kier molecular flexibility index (Phi) is 5.67. The summed E-state index contributed by atoms with van der Waals surface area (Å²) in [5, 5.41) is 3.05. The van der Waals surface area contributed by atoms with Gasteiger partial charge in [0.05, 0.1) is 5.69 Å². The van der Waals surface area contributed by atoms with Crippen molar-refractivity contribution in [1.29, 1.82) is 0 Å². The van der Waals surface area contributed by atoms with E-state index in [9.17, 15) is 13.6 Å². The van der Waals surface area contributed by atoms with Crippen molar-refractivity contribution >= 4 is 11.8 Å². The fourth-order valence-electron chi connectivity index (χ4n) is 2.88. The molecule has 0 aliphatic carbocycles. The van der Waals surface area contributed by atoms with E-state index in [1.165, 1.54) is 6.07 Å². The number of anilines is 1. The molecule has 134 valence electrons. The zero-order chi connectivity index (χ0) is 17.9. The van der Waals surface area contributed by atoms with E-state index in [0.29, 0.717) is 13.1 Å². The van der Waals surface area contributed by atoms with Gasteiger partial charge in [0.15, 0.2) is 0 Å². The number of amides is 1. The minimum atomic E-state index is -0.502. The summed E-state index contributed by atoms with van der Waals surface area (Å²) in [5.74, 6) is -0.647. The standard InChI is InChI=1S/C18H26F2N2O2/c1-12(21-16-11-14(19)5-6-15(16)20)13-7-9-22(10-8-13)17(23)24-18(2,3)4/h5-6,11-13,21H,7-10H2,1-4H3. The number of rotatable bonds is 3. The highest BCUT2D eigenvalue weighted by Crippen LogP contribution is 2.25. The van der Waals surface area contributed by atoms with E-state index in [1.54, 1.807) is 4.90 Å². The molecule has 24 heavy (non-hydrogen) atoms. The summed E-state index contributed by atoms with van der Waals surface area (Å²) >= 11 is 0. The Morgan fingerprint density at radius 1 is 1.29 bits per heavy atom. The number of nitrogens with zero attached hydrogens (tertiary/aromatic N) is 1. The smallest absolute Gasteiger partial charge is 0.410 e. The van der Waals surface area contributed by atoms with Crippen LogP contribution in [0.4, 0.5) is 19.3 Å². The first-order valence-corrected chi connectivity index (χ1v) is 8.35. The molecule has 1 amide bonds. The second kappa shape index (κ2) is 7.36. The highest BCUT2D eigenvalue weighted by atomic mass is 19.1. The number of benzene rings is 1. The van der Waals surface area contributed by atoms with Gasteiger partial charge in [0.1, 0.15) is 17.2 Å². The van der Waals surface area contributed by atoms with E-state index < -0.39 is 17.2 Å². The van der Waals surface area contributed by atoms with Gasteiger partial charge >= 0.3 is 6.09 Å². The van der Waals surface area contributed by atoms with Crippen molar-refractivity contribution in [2.75, 3.05) is 18.4 Å². The maximum Gasteiger partial charge on any atom is 0.410 e. The Balaban J connectivity index is 1.87. The highest BCUT2D eigenvalue weighted by Gasteiger charge is 2.29. The van der Waals surface area contributed by atoms with Crippen molar-refractivity contribution in [1.82, 2.24) is 4.90 Å². The van der Waals surface area contributed by atoms with Crippen LogP contribution in [0.5, 0.6) is 0 Å². The van der Waals surface area contributed by atoms with Crippen LogP contribution >= 0.6 is 0 Å². The predicted octanol–water partition coefficient (Wildman–Crippen LogP) is 4.41. The van der Waals surface area contributed by atoms with Crippen LogP contribution in [0.2, 0.25) is 0 Å². The average Bonchev–Trinajstić information content (AvgIpc) is 2.49. The number of hydrogen-bond donors (Lipinski definition) is 1. The Morgan fingerprint density at radius 2 is 1.92 bits per heavy atom. The summed E-state index contributed by atoms with van der Waals surface area (Å²) in [7, 11) is 0. The van der Waals surface area contributed by atoms with Crippen LogP contribution in [0, 0.1) is 17.6 Å². The van der Waals surface area contributed by atoms with Crippen molar-refractivity contribution < 1.29 is 18.3 Å². The molecule has 1 atom stereocenters. The lowest BCUT2D eigenvalue weighted by molar-refractivity contribution is 0.0179. The number of carbonyl (C=O) groups excluding carboxylic acids is 1. The molecular formula is C18H26F2N2O2. The van der Waals surface area contributed by atoms with E-state index in [4.69, 9.17) is 4.74 Å². The van der Waals surface area contributed by atoms with Crippen LogP contribution in [0.25, 0.3) is 0 Å². The Labute approximate surface area is 142 Å². The Morgan fingerprint density at radius 3 is 2.50 bits per heavy atom. The first-order valence-electron chi connectivity index (χ1n) is 8.35. The normalized spacial score (nSPS) is 17.5. The number of nitrogens with one attached hydrogen (secondary N) is 1. The number of hydrogen-bond acceptors (Lipinski definition) is 3. The molecular weight excluding hydrogens is 314 g/mol. The molecule has 1 fully saturated rings. The van der Waals surface area contributed by atoms with Crippen molar-refractivity contribution in [2.45, 2.75) is 52.2 Å². The van der Waals surface area contributed by atoms with Crippen LogP contribution in [-0.2, 0) is 4.74 Å². The lowest BCUT2D eigenvalue weighted by Crippen LogP contribution is -2.44. The van der Waals surface area contributed by atoms with Gasteiger partial charge in [-0.05, 0) is 64.7 Å². The highest BCUT2D eigenvalue weighted by molar-refractivity contribution is 5.68. The van der Waals surface area contributed by atoms with Crippen LogP contribution < -0.4 is 5.32 Å². The van der Waals surface area contributed by atoms with E-state index >= 15 is 0 Å². The summed E-state index contributed by atoms with van der Waals surface area (Å²) in [5.41, 5.74) is -0.324. The van der Waals surface area contributed by atoms with Crippen LogP contribution in [0.15, 0.2) is 18.2 Å². The molecule has 4 nitrogen and oxygen atoms in total. The third-order valence-corrected chi connectivity index (χ3v) is 4.21. The quantitative estimate of drug-likeness (QED) is 0.886. The van der Waals surface area contributed by atoms with Gasteiger partial charge in [-0.3, -0.25) is 0 Å². The number of carbonyl (C=O) groups is 1. The molecule has 1 saturated heterocycles. The minimum Gasteiger partial charge on any atom is -0.444 e. The fourth-order valence-corrected chi connectivity index (χ4v) is 2.88. The largest absolute Gasteiger partial charge is 0.444 e. The molecule has 0 radical (unpaired) electrons. The monoisotopic (exact) mass is 340 g/mol. The lowest BCUT2D eigenvalue weighted by Gasteiger charge is -2.36. The SMILES string of the molecule is CC(Nc1cc(F)ccc1F)C1CCN(C(=O)OC(C)(C)C)CC1. The molecule has 1 aliphatic heterocycles. The van der Waals surface area contributed by atoms with Crippen molar-refractivity contribution in [2.24, 2.45) is 5.92 Å². The maximum absolute atomic E-state index is 13.7. The molecule has 0 saturated carbocycles. The third-order valence-electron chi connectivity index (χ3n) is 4.21. The Hall–Kier alpha value is -1.85. The molecule has 1 aromatic carbocycles. The van der Waals surface area contributed by atoms with Gasteiger partial charge in [-0.2, -0.15) is 0 Å². The van der Waals surface area contributed by atoms with Crippen LogP contribution in [-0.4, -0.2) is 35.7 Å². The second-order valence-electron chi connectivity index (χ2n) is 7.36. The minimum absolute atomic E-state index is 0.0120. The van der Waals surface area contributed by atoms with Crippen LogP contribution in [0.3, 0.4) is 0 Å². The molecule has 1 heterocycles. The number of piperidine rings is 1. The molecule has 0 bridgehead atoms. The van der Waals surface area contributed by atoms with E-state index in [1.807, 2.05) is 27.7 Å². The summed E-state index contributed by atoms with van der Waals surface area (Å²) in [6, 6.07) is 3.38. The van der Waals surface area contributed by atoms with Gasteiger partial charge in [0.25, 0.3) is 0 Å². The second-order valence-corrected chi connectivity index (χ2v) is 7.36. The number of likely N-dealkylation sites (tertiary alicyclic amines) is 1. The molecule has 6 heteroatoms. The van der Waals surface area contributed by atoms with E-state index in [-0.39, 0.29) is 23.7 Å². The summed E-state index contributed by atoms with van der Waals surface area (Å²) in [6.45, 7) is 8.71. The van der Waals surface area contributed by atoms with E-state index in [2.05, 4.69) is 5.32 Å². The van der Waals surface area contributed by atoms with Gasteiger partial charge in [-0.15, -0.1) is 0 Å². The van der Waals surface area contributed by atoms with Crippen molar-refractivity contribution in [3.8, 4) is 0 Å². The van der Waals surface area contributed by atoms with Gasteiger partial charge in [-0.25, -0.2) is 13.6 Å². The lowest BCUT2D eigenvalue weighted by atomic mass is 9.90. The number of halogens is 2. The van der Waals surface area contributed by atoms with Crippen molar-refractivity contribution in [3.63, 3.8) is 0 Å². The Bertz CT molecular complexity index is 579. The molecule has 1 aromatic rings. The summed E-state index contributed by atoms with van der Waals surface area (Å²) in [4.78, 5) is 13.8. The average molecular weight is 340 g/mol. The number of ether oxygens (including phenoxy) is 1. The van der Waals surface area contributed by atoms with Gasteiger partial charge < -0.3 is 15.0 Å². The van der Waals surface area contributed by atoms with Gasteiger partial charge in [0, 0.05) is 19.1 Å². The van der Waals surface area contributed by atoms with Crippen LogP contribution in [0.1, 0.15) is 40.5 Å². The fraction of sp³-hybridized carbons (Fsp3) is 0.611. The first-order chi connectivity index (χ1) is 11.2. The molecule has 0 spiro atoms. The zero-order valence-electron chi connectivity index (χ0n) is 14.7. The van der Waals surface area contributed by atoms with Gasteiger partial charge in [-0.1, -0.05) is 0 Å². The summed E-state index contributed by atoms with van der Waals surface area (Å²) in [6.07, 6.45) is 1.30. The molecule has 0 aromatic heterocycles. The summed E-state index contributed by atoms with van der Waals surface area (Å²) < 4.78 is 32.4. The van der Waals surface area contributed by atoms with E-state index in [0.717, 1.165) is 25.0 Å². The molecule has 2 rings (SSSR count). The first kappa shape index (κ1) is 18.5. The van der Waals surface area contributed by atoms with Crippen molar-refractivity contribution in [3.05, 3.63) is 29.8 Å². The van der Waals surface area contributed by atoms with Gasteiger partial charge in [0.2, 0.25) is 0 Å².